The lowest BCUT2D eigenvalue weighted by Gasteiger charge is -2.14. The third-order valence-electron chi connectivity index (χ3n) is 4.17. The largest absolute Gasteiger partial charge is 0.462 e. The van der Waals surface area contributed by atoms with E-state index in [1.807, 2.05) is 18.2 Å². The van der Waals surface area contributed by atoms with E-state index < -0.39 is 5.97 Å². The summed E-state index contributed by atoms with van der Waals surface area (Å²) in [5.41, 5.74) is 9.93. The molecule has 27 heavy (non-hydrogen) atoms. The molecule has 0 saturated heterocycles. The van der Waals surface area contributed by atoms with Gasteiger partial charge in [0.05, 0.1) is 29.3 Å². The van der Waals surface area contributed by atoms with Crippen LogP contribution in [0.5, 0.6) is 0 Å². The Morgan fingerprint density at radius 1 is 1.30 bits per heavy atom. The molecule has 7 heteroatoms. The lowest BCUT2D eigenvalue weighted by atomic mass is 9.94. The van der Waals surface area contributed by atoms with E-state index in [9.17, 15) is 4.79 Å². The van der Waals surface area contributed by atoms with E-state index in [-0.39, 0.29) is 18.5 Å². The number of nitrogens with one attached hydrogen (secondary N) is 1. The van der Waals surface area contributed by atoms with Gasteiger partial charge in [-0.15, -0.1) is 0 Å². The molecular weight excluding hydrogens is 364 g/mol. The number of hydrogen-bond donors (Lipinski definition) is 2. The minimum absolute atomic E-state index is 0.159. The number of nitrogen functional groups attached to an aromatic ring is 1. The zero-order chi connectivity index (χ0) is 19.6. The quantitative estimate of drug-likeness (QED) is 0.623. The molecule has 0 unspecified atom stereocenters. The van der Waals surface area contributed by atoms with Crippen molar-refractivity contribution in [2.24, 2.45) is 0 Å². The van der Waals surface area contributed by atoms with Gasteiger partial charge in [-0.05, 0) is 42.7 Å². The van der Waals surface area contributed by atoms with Crippen LogP contribution in [-0.2, 0) is 4.74 Å². The average Bonchev–Trinajstić information content (AvgIpc) is 3.07. The zero-order valence-corrected chi connectivity index (χ0v) is 16.2. The smallest absolute Gasteiger partial charge is 0.340 e. The molecule has 140 valence electrons. The molecule has 0 aliphatic heterocycles. The Morgan fingerprint density at radius 3 is 2.74 bits per heavy atom. The second-order valence-corrected chi connectivity index (χ2v) is 6.81. The van der Waals surface area contributed by atoms with Crippen LogP contribution in [0.2, 0.25) is 5.02 Å². The summed E-state index contributed by atoms with van der Waals surface area (Å²) in [7, 11) is 0. The third kappa shape index (κ3) is 3.95. The molecule has 1 aromatic carbocycles. The highest BCUT2D eigenvalue weighted by Gasteiger charge is 2.22. The Bertz CT molecular complexity index is 982. The molecule has 0 saturated carbocycles. The summed E-state index contributed by atoms with van der Waals surface area (Å²) in [5, 5.41) is 0.589. The van der Waals surface area contributed by atoms with Gasteiger partial charge in [-0.2, -0.15) is 0 Å². The summed E-state index contributed by atoms with van der Waals surface area (Å²) in [4.78, 5) is 24.0. The van der Waals surface area contributed by atoms with Crippen molar-refractivity contribution in [1.29, 1.82) is 0 Å². The lowest BCUT2D eigenvalue weighted by molar-refractivity contribution is 0.0527. The number of anilines is 1. The van der Waals surface area contributed by atoms with Crippen LogP contribution in [0.4, 0.5) is 5.95 Å². The molecular formula is C20H21ClN4O2. The van der Waals surface area contributed by atoms with Crippen molar-refractivity contribution in [1.82, 2.24) is 15.0 Å². The van der Waals surface area contributed by atoms with Crippen LogP contribution < -0.4 is 5.73 Å². The van der Waals surface area contributed by atoms with Crippen molar-refractivity contribution in [2.75, 3.05) is 12.3 Å². The molecule has 0 atom stereocenters. The highest BCUT2D eigenvalue weighted by Crippen LogP contribution is 2.35. The predicted molar refractivity (Wildman–Crippen MR) is 107 cm³/mol. The van der Waals surface area contributed by atoms with Crippen molar-refractivity contribution < 1.29 is 9.53 Å². The number of carbonyl (C=O) groups excluding carboxylic acids is 1. The maximum Gasteiger partial charge on any atom is 0.340 e. The first-order valence-corrected chi connectivity index (χ1v) is 9.07. The van der Waals surface area contributed by atoms with Gasteiger partial charge in [-0.25, -0.2) is 14.8 Å². The molecule has 2 heterocycles. The predicted octanol–water partition coefficient (Wildman–Crippen LogP) is 4.67. The molecule has 0 spiro atoms. The fourth-order valence-electron chi connectivity index (χ4n) is 2.95. The lowest BCUT2D eigenvalue weighted by Crippen LogP contribution is -2.06. The number of ether oxygens (including phenoxy) is 1. The maximum atomic E-state index is 12.6. The van der Waals surface area contributed by atoms with E-state index in [0.29, 0.717) is 27.7 Å². The number of halogens is 1. The molecule has 2 aromatic heterocycles. The van der Waals surface area contributed by atoms with Crippen molar-refractivity contribution in [3.8, 4) is 22.6 Å². The standard InChI is InChI=1S/C20H21ClN4O2/c1-4-27-19(26)15-10-17(16-7-8-23-20(22)25-16)24-18(15)14-9-12(21)5-6-13(14)11(2)3/h5-11,24H,4H2,1-3H3,(H2,22,23,25). The molecule has 0 bridgehead atoms. The van der Waals surface area contributed by atoms with E-state index >= 15 is 0 Å². The number of rotatable bonds is 5. The van der Waals surface area contributed by atoms with Crippen molar-refractivity contribution in [3.63, 3.8) is 0 Å². The molecule has 3 rings (SSSR count). The first kappa shape index (κ1) is 18.9. The Balaban J connectivity index is 2.23. The highest BCUT2D eigenvalue weighted by molar-refractivity contribution is 6.31. The zero-order valence-electron chi connectivity index (χ0n) is 15.4. The van der Waals surface area contributed by atoms with Crippen LogP contribution in [0.1, 0.15) is 42.6 Å². The Hall–Kier alpha value is -2.86. The molecule has 3 aromatic rings. The number of nitrogens with zero attached hydrogens (tertiary/aromatic N) is 2. The van der Waals surface area contributed by atoms with Crippen LogP contribution >= 0.6 is 11.6 Å². The van der Waals surface area contributed by atoms with Gasteiger partial charge in [0.2, 0.25) is 5.95 Å². The molecule has 0 radical (unpaired) electrons. The Kier molecular flexibility index (Phi) is 5.46. The normalized spacial score (nSPS) is 11.0. The van der Waals surface area contributed by atoms with E-state index in [1.54, 1.807) is 25.3 Å². The van der Waals surface area contributed by atoms with Gasteiger partial charge in [-0.1, -0.05) is 31.5 Å². The topological polar surface area (TPSA) is 93.9 Å². The number of esters is 1. The number of benzene rings is 1. The van der Waals surface area contributed by atoms with E-state index in [2.05, 4.69) is 28.8 Å². The number of nitrogens with two attached hydrogens (primary N) is 1. The average molecular weight is 385 g/mol. The monoisotopic (exact) mass is 384 g/mol. The Labute approximate surface area is 162 Å². The van der Waals surface area contributed by atoms with E-state index in [4.69, 9.17) is 22.1 Å². The fourth-order valence-corrected chi connectivity index (χ4v) is 3.12. The van der Waals surface area contributed by atoms with Gasteiger partial charge in [-0.3, -0.25) is 0 Å². The second kappa shape index (κ2) is 7.80. The SMILES string of the molecule is CCOC(=O)c1cc(-c2ccnc(N)n2)[nH]c1-c1cc(Cl)ccc1C(C)C. The third-order valence-corrected chi connectivity index (χ3v) is 4.40. The van der Waals surface area contributed by atoms with Crippen molar-refractivity contribution in [3.05, 3.63) is 52.7 Å². The molecule has 3 N–H and O–H groups in total. The number of H-pyrrole nitrogens is 1. The van der Waals surface area contributed by atoms with Crippen LogP contribution in [0.3, 0.4) is 0 Å². The van der Waals surface area contributed by atoms with Crippen LogP contribution in [0, 0.1) is 0 Å². The minimum atomic E-state index is -0.410. The number of aromatic amines is 1. The summed E-state index contributed by atoms with van der Waals surface area (Å²) < 4.78 is 5.24. The maximum absolute atomic E-state index is 12.6. The summed E-state index contributed by atoms with van der Waals surface area (Å²) >= 11 is 6.24. The van der Waals surface area contributed by atoms with Gasteiger partial charge < -0.3 is 15.5 Å². The summed E-state index contributed by atoms with van der Waals surface area (Å²) in [6, 6.07) is 9.12. The van der Waals surface area contributed by atoms with Crippen LogP contribution in [-0.4, -0.2) is 27.5 Å². The fraction of sp³-hybridized carbons (Fsp3) is 0.250. The van der Waals surface area contributed by atoms with Gasteiger partial charge in [0.1, 0.15) is 0 Å². The molecule has 0 amide bonds. The first-order chi connectivity index (χ1) is 12.9. The number of carbonyl (C=O) groups is 1. The number of aromatic nitrogens is 3. The number of hydrogen-bond acceptors (Lipinski definition) is 5. The molecule has 6 nitrogen and oxygen atoms in total. The van der Waals surface area contributed by atoms with Crippen molar-refractivity contribution in [2.45, 2.75) is 26.7 Å². The van der Waals surface area contributed by atoms with E-state index in [1.165, 1.54) is 0 Å². The summed E-state index contributed by atoms with van der Waals surface area (Å²) in [6.07, 6.45) is 1.57. The highest BCUT2D eigenvalue weighted by atomic mass is 35.5. The van der Waals surface area contributed by atoms with Gasteiger partial charge in [0, 0.05) is 16.8 Å². The van der Waals surface area contributed by atoms with Crippen molar-refractivity contribution >= 4 is 23.5 Å². The van der Waals surface area contributed by atoms with Gasteiger partial charge in [0.25, 0.3) is 0 Å². The van der Waals surface area contributed by atoms with E-state index in [0.717, 1.165) is 11.1 Å². The molecule has 0 fully saturated rings. The van der Waals surface area contributed by atoms with Crippen LogP contribution in [0.15, 0.2) is 36.5 Å². The molecule has 0 aliphatic rings. The van der Waals surface area contributed by atoms with Gasteiger partial charge >= 0.3 is 5.97 Å². The second-order valence-electron chi connectivity index (χ2n) is 6.38. The van der Waals surface area contributed by atoms with Gasteiger partial charge in [0.15, 0.2) is 0 Å². The minimum Gasteiger partial charge on any atom is -0.462 e. The van der Waals surface area contributed by atoms with Crippen LogP contribution in [0.25, 0.3) is 22.6 Å². The Morgan fingerprint density at radius 2 is 2.07 bits per heavy atom. The first-order valence-electron chi connectivity index (χ1n) is 8.69. The summed E-state index contributed by atoms with van der Waals surface area (Å²) in [5.74, 6) is -0.00701. The summed E-state index contributed by atoms with van der Waals surface area (Å²) in [6.45, 7) is 6.23. The molecule has 0 aliphatic carbocycles.